The summed E-state index contributed by atoms with van der Waals surface area (Å²) in [5.74, 6) is 0.223. The first-order valence-corrected chi connectivity index (χ1v) is 4.83. The van der Waals surface area contributed by atoms with Crippen molar-refractivity contribution in [2.75, 3.05) is 0 Å². The molecule has 82 valence electrons. The maximum atomic E-state index is 10.1. The molecular formula is C12H16KNO2. The molecule has 0 aliphatic rings. The molecule has 2 rings (SSSR count). The van der Waals surface area contributed by atoms with Crippen LogP contribution in [0.5, 0.6) is 5.88 Å². The number of hydrogen-bond donors (Lipinski definition) is 2. The van der Waals surface area contributed by atoms with Crippen molar-refractivity contribution < 1.29 is 61.6 Å². The Bertz CT molecular complexity index is 393. The molecule has 0 unspecified atom stereocenters. The van der Waals surface area contributed by atoms with Gasteiger partial charge in [0.25, 0.3) is 0 Å². The van der Waals surface area contributed by atoms with E-state index in [0.29, 0.717) is 0 Å². The Morgan fingerprint density at radius 1 is 1.19 bits per heavy atom. The van der Waals surface area contributed by atoms with Gasteiger partial charge in [-0.3, -0.25) is 0 Å². The topological polar surface area (TPSA) is 59.1 Å². The van der Waals surface area contributed by atoms with E-state index in [0.717, 1.165) is 10.9 Å². The maximum Gasteiger partial charge on any atom is 1.00 e. The van der Waals surface area contributed by atoms with E-state index < -0.39 is 5.60 Å². The van der Waals surface area contributed by atoms with Gasteiger partial charge in [0.2, 0.25) is 0 Å². The fraction of sp³-hybridized carbons (Fsp3) is 0.333. The molecule has 16 heavy (non-hydrogen) atoms. The Hall–Kier alpha value is 0.156. The molecule has 0 bridgehead atoms. The molecule has 3 nitrogen and oxygen atoms in total. The first-order valence-electron chi connectivity index (χ1n) is 4.83. The molecular weight excluding hydrogens is 229 g/mol. The monoisotopic (exact) mass is 245 g/mol. The standard InChI is InChI=1S/C8H7NO.C4H9O.K/c10-8-5-6-3-1-2-4-7(6)9-8;1-4(2,3)5;/h1-5,9-10H;1-3H3;/q;-1;+1. The number of hydrogen-bond acceptors (Lipinski definition) is 2. The van der Waals surface area contributed by atoms with Crippen LogP contribution in [0.25, 0.3) is 10.9 Å². The summed E-state index contributed by atoms with van der Waals surface area (Å²) in [4.78, 5) is 2.81. The van der Waals surface area contributed by atoms with Gasteiger partial charge in [0.05, 0.1) is 0 Å². The molecule has 2 aromatic rings. The third-order valence-corrected chi connectivity index (χ3v) is 1.52. The average molecular weight is 245 g/mol. The second kappa shape index (κ2) is 6.79. The molecule has 1 aromatic carbocycles. The summed E-state index contributed by atoms with van der Waals surface area (Å²) in [6, 6.07) is 9.45. The zero-order chi connectivity index (χ0) is 11.5. The molecule has 0 atom stereocenters. The van der Waals surface area contributed by atoms with Gasteiger partial charge in [0.15, 0.2) is 5.88 Å². The summed E-state index contributed by atoms with van der Waals surface area (Å²) < 4.78 is 0. The third kappa shape index (κ3) is 6.68. The molecule has 4 heteroatoms. The maximum absolute atomic E-state index is 10.1. The van der Waals surface area contributed by atoms with Crippen LogP contribution in [-0.4, -0.2) is 15.7 Å². The minimum Gasteiger partial charge on any atom is -0.850 e. The van der Waals surface area contributed by atoms with Crippen molar-refractivity contribution in [1.82, 2.24) is 4.98 Å². The largest absolute Gasteiger partial charge is 1.00 e. The predicted molar refractivity (Wildman–Crippen MR) is 59.7 cm³/mol. The summed E-state index contributed by atoms with van der Waals surface area (Å²) in [5.41, 5.74) is 0.222. The zero-order valence-electron chi connectivity index (χ0n) is 10.2. The van der Waals surface area contributed by atoms with E-state index in [1.807, 2.05) is 24.3 Å². The summed E-state index contributed by atoms with van der Waals surface area (Å²) in [7, 11) is 0. The third-order valence-electron chi connectivity index (χ3n) is 1.52. The quantitative estimate of drug-likeness (QED) is 0.586. The van der Waals surface area contributed by atoms with Crippen molar-refractivity contribution in [3.63, 3.8) is 0 Å². The van der Waals surface area contributed by atoms with Gasteiger partial charge >= 0.3 is 51.4 Å². The molecule has 0 aliphatic carbocycles. The summed E-state index contributed by atoms with van der Waals surface area (Å²) in [5, 5.41) is 20.1. The Balaban J connectivity index is 0.000000330. The van der Waals surface area contributed by atoms with Crippen LogP contribution < -0.4 is 56.5 Å². The van der Waals surface area contributed by atoms with E-state index in [4.69, 9.17) is 5.11 Å². The first-order chi connectivity index (χ1) is 6.86. The van der Waals surface area contributed by atoms with Gasteiger partial charge in [-0.2, -0.15) is 0 Å². The van der Waals surface area contributed by atoms with Crippen molar-refractivity contribution in [2.45, 2.75) is 26.4 Å². The molecule has 0 spiro atoms. The van der Waals surface area contributed by atoms with Crippen LogP contribution in [0.2, 0.25) is 0 Å². The van der Waals surface area contributed by atoms with Crippen LogP contribution >= 0.6 is 0 Å². The van der Waals surface area contributed by atoms with Gasteiger partial charge in [-0.1, -0.05) is 39.0 Å². The van der Waals surface area contributed by atoms with Gasteiger partial charge in [0, 0.05) is 17.0 Å². The van der Waals surface area contributed by atoms with Crippen LogP contribution in [0, 0.1) is 0 Å². The Morgan fingerprint density at radius 2 is 1.69 bits per heavy atom. The zero-order valence-corrected chi connectivity index (χ0v) is 13.4. The fourth-order valence-electron chi connectivity index (χ4n) is 1.06. The smallest absolute Gasteiger partial charge is 0.850 e. The van der Waals surface area contributed by atoms with Crippen LogP contribution in [0.3, 0.4) is 0 Å². The summed E-state index contributed by atoms with van der Waals surface area (Å²) in [6.07, 6.45) is 0. The van der Waals surface area contributed by atoms with Gasteiger partial charge < -0.3 is 15.2 Å². The molecule has 2 N–H and O–H groups in total. The van der Waals surface area contributed by atoms with E-state index in [9.17, 15) is 5.11 Å². The van der Waals surface area contributed by atoms with Crippen molar-refractivity contribution in [2.24, 2.45) is 0 Å². The SMILES string of the molecule is CC(C)(C)[O-].Oc1cc2ccccc2[nH]1.[K+]. The van der Waals surface area contributed by atoms with E-state index >= 15 is 0 Å². The number of rotatable bonds is 0. The van der Waals surface area contributed by atoms with Gasteiger partial charge in [-0.25, -0.2) is 0 Å². The molecule has 0 saturated carbocycles. The average Bonchev–Trinajstić information content (AvgIpc) is 2.40. The number of H-pyrrole nitrogens is 1. The normalized spacial score (nSPS) is 10.2. The number of fused-ring (bicyclic) bond motifs is 1. The van der Waals surface area contributed by atoms with Crippen LogP contribution in [-0.2, 0) is 0 Å². The van der Waals surface area contributed by atoms with Gasteiger partial charge in [-0.05, 0) is 6.07 Å². The molecule has 1 aromatic heterocycles. The minimum absolute atomic E-state index is 0. The van der Waals surface area contributed by atoms with E-state index in [1.54, 1.807) is 26.8 Å². The number of aromatic nitrogens is 1. The van der Waals surface area contributed by atoms with E-state index in [-0.39, 0.29) is 57.3 Å². The first kappa shape index (κ1) is 16.2. The van der Waals surface area contributed by atoms with Crippen molar-refractivity contribution >= 4 is 10.9 Å². The van der Waals surface area contributed by atoms with E-state index in [1.165, 1.54) is 0 Å². The van der Waals surface area contributed by atoms with Crippen molar-refractivity contribution in [3.05, 3.63) is 30.3 Å². The number of para-hydroxylation sites is 1. The second-order valence-electron chi connectivity index (χ2n) is 4.35. The Labute approximate surface area is 138 Å². The van der Waals surface area contributed by atoms with Gasteiger partial charge in [0.1, 0.15) is 0 Å². The van der Waals surface area contributed by atoms with Crippen LogP contribution in [0.15, 0.2) is 30.3 Å². The number of nitrogens with one attached hydrogen (secondary N) is 1. The van der Waals surface area contributed by atoms with Crippen molar-refractivity contribution in [1.29, 1.82) is 0 Å². The summed E-state index contributed by atoms with van der Waals surface area (Å²) in [6.45, 7) is 4.90. The Morgan fingerprint density at radius 3 is 2.19 bits per heavy atom. The van der Waals surface area contributed by atoms with Gasteiger partial charge in [-0.15, -0.1) is 5.60 Å². The minimum atomic E-state index is -0.750. The fourth-order valence-corrected chi connectivity index (χ4v) is 1.06. The second-order valence-corrected chi connectivity index (χ2v) is 4.35. The molecule has 0 radical (unpaired) electrons. The number of aromatic amines is 1. The number of benzene rings is 1. The van der Waals surface area contributed by atoms with Crippen LogP contribution in [0.4, 0.5) is 0 Å². The molecule has 0 fully saturated rings. The predicted octanol–water partition coefficient (Wildman–Crippen LogP) is -0.977. The Kier molecular flexibility index (Phi) is 6.85. The van der Waals surface area contributed by atoms with E-state index in [2.05, 4.69) is 4.98 Å². The molecule has 1 heterocycles. The molecule has 0 amide bonds. The number of aromatic hydroxyl groups is 1. The summed E-state index contributed by atoms with van der Waals surface area (Å²) >= 11 is 0. The van der Waals surface area contributed by atoms with Crippen LogP contribution in [0.1, 0.15) is 20.8 Å². The van der Waals surface area contributed by atoms with Crippen molar-refractivity contribution in [3.8, 4) is 5.88 Å². The molecule has 0 aliphatic heterocycles. The molecule has 0 saturated heterocycles.